The fourth-order valence-electron chi connectivity index (χ4n) is 2.09. The number of aryl methyl sites for hydroxylation is 1. The molecule has 92 valence electrons. The Morgan fingerprint density at radius 2 is 2.12 bits per heavy atom. The Balaban J connectivity index is 2.07. The number of anilines is 1. The minimum Gasteiger partial charge on any atom is -0.384 e. The molecule has 0 radical (unpaired) electrons. The molecule has 0 heterocycles. The Morgan fingerprint density at radius 1 is 1.41 bits per heavy atom. The second kappa shape index (κ2) is 4.35. The number of benzene rings is 1. The summed E-state index contributed by atoms with van der Waals surface area (Å²) in [6.45, 7) is 5.00. The van der Waals surface area contributed by atoms with Gasteiger partial charge in [0.15, 0.2) is 0 Å². The van der Waals surface area contributed by atoms with Crippen molar-refractivity contribution in [3.8, 4) is 0 Å². The van der Waals surface area contributed by atoms with E-state index in [9.17, 15) is 10.1 Å². The van der Waals surface area contributed by atoms with Crippen LogP contribution in [-0.2, 0) is 0 Å². The molecule has 1 fully saturated rings. The average molecular weight is 234 g/mol. The number of hydrogen-bond donors (Lipinski definition) is 1. The standard InChI is InChI=1S/C13H18N2O2/c1-3-13(4-5-13)9-14-11-6-10(2)7-12(8-11)15(16)17/h6-8,14H,3-5,9H2,1-2H3. The summed E-state index contributed by atoms with van der Waals surface area (Å²) in [6, 6.07) is 5.16. The molecule has 4 nitrogen and oxygen atoms in total. The zero-order chi connectivity index (χ0) is 12.5. The van der Waals surface area contributed by atoms with Gasteiger partial charge in [-0.1, -0.05) is 6.92 Å². The largest absolute Gasteiger partial charge is 0.384 e. The highest BCUT2D eigenvalue weighted by molar-refractivity contribution is 5.54. The number of rotatable bonds is 5. The van der Waals surface area contributed by atoms with Crippen molar-refractivity contribution in [1.29, 1.82) is 0 Å². The van der Waals surface area contributed by atoms with Crippen molar-refractivity contribution in [1.82, 2.24) is 0 Å². The maximum atomic E-state index is 10.8. The summed E-state index contributed by atoms with van der Waals surface area (Å²) >= 11 is 0. The molecule has 2 rings (SSSR count). The summed E-state index contributed by atoms with van der Waals surface area (Å²) in [6.07, 6.45) is 3.71. The first-order chi connectivity index (χ1) is 8.04. The molecule has 1 aromatic rings. The van der Waals surface area contributed by atoms with Gasteiger partial charge in [-0.05, 0) is 43.2 Å². The molecule has 0 aromatic heterocycles. The third-order valence-corrected chi connectivity index (χ3v) is 3.65. The van der Waals surface area contributed by atoms with E-state index in [2.05, 4.69) is 12.2 Å². The lowest BCUT2D eigenvalue weighted by atomic mass is 10.0. The molecule has 0 unspecified atom stereocenters. The lowest BCUT2D eigenvalue weighted by molar-refractivity contribution is -0.384. The highest BCUT2D eigenvalue weighted by Gasteiger charge is 2.40. The van der Waals surface area contributed by atoms with Crippen LogP contribution in [0.4, 0.5) is 11.4 Å². The zero-order valence-electron chi connectivity index (χ0n) is 10.3. The van der Waals surface area contributed by atoms with E-state index in [0.717, 1.165) is 17.8 Å². The quantitative estimate of drug-likeness (QED) is 0.626. The molecular formula is C13H18N2O2. The Bertz CT molecular complexity index is 439. The van der Waals surface area contributed by atoms with Crippen LogP contribution in [0.1, 0.15) is 31.7 Å². The number of nitro groups is 1. The lowest BCUT2D eigenvalue weighted by Gasteiger charge is -2.14. The second-order valence-electron chi connectivity index (χ2n) is 5.02. The van der Waals surface area contributed by atoms with Crippen molar-refractivity contribution >= 4 is 11.4 Å². The molecule has 1 aliphatic rings. The molecule has 0 saturated heterocycles. The number of nitro benzene ring substituents is 1. The minimum absolute atomic E-state index is 0.161. The van der Waals surface area contributed by atoms with Crippen LogP contribution in [0.15, 0.2) is 18.2 Å². The summed E-state index contributed by atoms with van der Waals surface area (Å²) in [4.78, 5) is 10.4. The third kappa shape index (κ3) is 2.75. The summed E-state index contributed by atoms with van der Waals surface area (Å²) in [7, 11) is 0. The van der Waals surface area contributed by atoms with Crippen LogP contribution in [-0.4, -0.2) is 11.5 Å². The van der Waals surface area contributed by atoms with Gasteiger partial charge in [-0.25, -0.2) is 0 Å². The first kappa shape index (κ1) is 11.9. The molecule has 0 bridgehead atoms. The predicted molar refractivity (Wildman–Crippen MR) is 68.3 cm³/mol. The first-order valence-electron chi connectivity index (χ1n) is 6.05. The normalized spacial score (nSPS) is 16.6. The molecule has 0 atom stereocenters. The highest BCUT2D eigenvalue weighted by atomic mass is 16.6. The van der Waals surface area contributed by atoms with Crippen molar-refractivity contribution < 1.29 is 4.92 Å². The van der Waals surface area contributed by atoms with E-state index in [1.165, 1.54) is 19.3 Å². The third-order valence-electron chi connectivity index (χ3n) is 3.65. The topological polar surface area (TPSA) is 55.2 Å². The zero-order valence-corrected chi connectivity index (χ0v) is 10.3. The van der Waals surface area contributed by atoms with Gasteiger partial charge >= 0.3 is 0 Å². The van der Waals surface area contributed by atoms with Crippen molar-refractivity contribution in [2.75, 3.05) is 11.9 Å². The van der Waals surface area contributed by atoms with Crippen molar-refractivity contribution in [3.63, 3.8) is 0 Å². The summed E-state index contributed by atoms with van der Waals surface area (Å²) in [5, 5.41) is 14.1. The van der Waals surface area contributed by atoms with Gasteiger partial charge in [0.05, 0.1) is 4.92 Å². The molecule has 17 heavy (non-hydrogen) atoms. The van der Waals surface area contributed by atoms with Crippen LogP contribution < -0.4 is 5.32 Å². The summed E-state index contributed by atoms with van der Waals surface area (Å²) in [5.41, 5.74) is 2.38. The van der Waals surface area contributed by atoms with E-state index in [1.54, 1.807) is 12.1 Å². The Hall–Kier alpha value is -1.58. The van der Waals surface area contributed by atoms with E-state index >= 15 is 0 Å². The summed E-state index contributed by atoms with van der Waals surface area (Å²) in [5.74, 6) is 0. The Labute approximate surface area is 101 Å². The monoisotopic (exact) mass is 234 g/mol. The smallest absolute Gasteiger partial charge is 0.271 e. The maximum absolute atomic E-state index is 10.8. The predicted octanol–water partition coefficient (Wildman–Crippen LogP) is 3.51. The van der Waals surface area contributed by atoms with E-state index in [-0.39, 0.29) is 10.6 Å². The van der Waals surface area contributed by atoms with E-state index in [1.807, 2.05) is 13.0 Å². The van der Waals surface area contributed by atoms with Crippen LogP contribution in [0.5, 0.6) is 0 Å². The van der Waals surface area contributed by atoms with Crippen LogP contribution in [0.25, 0.3) is 0 Å². The molecule has 1 N–H and O–H groups in total. The van der Waals surface area contributed by atoms with Gasteiger partial charge in [-0.15, -0.1) is 0 Å². The van der Waals surface area contributed by atoms with E-state index in [4.69, 9.17) is 0 Å². The van der Waals surface area contributed by atoms with Crippen LogP contribution in [0.2, 0.25) is 0 Å². The van der Waals surface area contributed by atoms with Gasteiger partial charge in [-0.3, -0.25) is 10.1 Å². The molecular weight excluding hydrogens is 216 g/mol. The minimum atomic E-state index is -0.342. The second-order valence-corrected chi connectivity index (χ2v) is 5.02. The van der Waals surface area contributed by atoms with E-state index in [0.29, 0.717) is 5.41 Å². The van der Waals surface area contributed by atoms with Gasteiger partial charge in [0, 0.05) is 24.4 Å². The SMILES string of the molecule is CCC1(CNc2cc(C)cc([N+](=O)[O-])c2)CC1. The highest BCUT2D eigenvalue weighted by Crippen LogP contribution is 2.48. The van der Waals surface area contributed by atoms with Gasteiger partial charge in [0.2, 0.25) is 0 Å². The number of nitrogens with one attached hydrogen (secondary N) is 1. The van der Waals surface area contributed by atoms with Crippen LogP contribution in [0.3, 0.4) is 0 Å². The van der Waals surface area contributed by atoms with Gasteiger partial charge in [0.25, 0.3) is 5.69 Å². The Morgan fingerprint density at radius 3 is 2.65 bits per heavy atom. The van der Waals surface area contributed by atoms with Gasteiger partial charge < -0.3 is 5.32 Å². The Kier molecular flexibility index (Phi) is 3.05. The van der Waals surface area contributed by atoms with E-state index < -0.39 is 0 Å². The number of hydrogen-bond acceptors (Lipinski definition) is 3. The fraction of sp³-hybridized carbons (Fsp3) is 0.538. The molecule has 0 amide bonds. The maximum Gasteiger partial charge on any atom is 0.271 e. The molecule has 4 heteroatoms. The van der Waals surface area contributed by atoms with Crippen molar-refractivity contribution in [2.24, 2.45) is 5.41 Å². The number of nitrogens with zero attached hydrogens (tertiary/aromatic N) is 1. The van der Waals surface area contributed by atoms with Crippen LogP contribution in [0, 0.1) is 22.5 Å². The molecule has 1 aromatic carbocycles. The molecule has 0 aliphatic heterocycles. The first-order valence-corrected chi connectivity index (χ1v) is 6.05. The molecule has 0 spiro atoms. The fourth-order valence-corrected chi connectivity index (χ4v) is 2.09. The van der Waals surface area contributed by atoms with Gasteiger partial charge in [-0.2, -0.15) is 0 Å². The molecule has 1 saturated carbocycles. The van der Waals surface area contributed by atoms with Crippen molar-refractivity contribution in [2.45, 2.75) is 33.1 Å². The van der Waals surface area contributed by atoms with Gasteiger partial charge in [0.1, 0.15) is 0 Å². The summed E-state index contributed by atoms with van der Waals surface area (Å²) < 4.78 is 0. The number of non-ortho nitro benzene ring substituents is 1. The lowest BCUT2D eigenvalue weighted by Crippen LogP contribution is -2.14. The average Bonchev–Trinajstić information content (AvgIpc) is 3.06. The molecule has 1 aliphatic carbocycles. The van der Waals surface area contributed by atoms with Crippen LogP contribution >= 0.6 is 0 Å². The van der Waals surface area contributed by atoms with Crippen molar-refractivity contribution in [3.05, 3.63) is 33.9 Å².